The standard InChI is InChI=1S/C7H14N2O2S.C6H12O2/c1-7(2,12-4)5-9-11-6(10)8-3;1-3-4-5-8-6(2)7/h5H,1-4H3,(H,8,10);3-5H2,1-2H3/b9-5+;. The van der Waals surface area contributed by atoms with Crippen LogP contribution in [0.25, 0.3) is 0 Å². The maximum Gasteiger partial charge on any atom is 0.433 e. The SMILES string of the molecule is CCCCOC(C)=O.CNC(=O)O/N=C/C(C)(C)SC. The zero-order chi connectivity index (χ0) is 16.0. The van der Waals surface area contributed by atoms with Gasteiger partial charge in [-0.05, 0) is 26.5 Å². The number of carbonyl (C=O) groups excluding carboxylic acids is 2. The minimum absolute atomic E-state index is 0.103. The average Bonchev–Trinajstić information content (AvgIpc) is 2.39. The number of amides is 1. The molecule has 0 saturated heterocycles. The summed E-state index contributed by atoms with van der Waals surface area (Å²) in [7, 11) is 1.48. The summed E-state index contributed by atoms with van der Waals surface area (Å²) in [5.74, 6) is -0.182. The third kappa shape index (κ3) is 16.8. The van der Waals surface area contributed by atoms with Gasteiger partial charge in [0, 0.05) is 18.7 Å². The highest BCUT2D eigenvalue weighted by Gasteiger charge is 2.12. The summed E-state index contributed by atoms with van der Waals surface area (Å²) in [4.78, 5) is 25.1. The van der Waals surface area contributed by atoms with Crippen molar-refractivity contribution in [2.75, 3.05) is 19.9 Å². The first-order valence-electron chi connectivity index (χ1n) is 6.40. The second-order valence-electron chi connectivity index (χ2n) is 4.36. The Morgan fingerprint density at radius 3 is 2.40 bits per heavy atom. The number of esters is 1. The number of rotatable bonds is 6. The molecular formula is C13H26N2O4S. The number of hydrogen-bond acceptors (Lipinski definition) is 6. The minimum Gasteiger partial charge on any atom is -0.466 e. The van der Waals surface area contributed by atoms with Crippen molar-refractivity contribution in [2.24, 2.45) is 5.16 Å². The highest BCUT2D eigenvalue weighted by Crippen LogP contribution is 2.17. The van der Waals surface area contributed by atoms with Crippen molar-refractivity contribution in [3.8, 4) is 0 Å². The maximum absolute atomic E-state index is 10.5. The fourth-order valence-corrected chi connectivity index (χ4v) is 0.808. The van der Waals surface area contributed by atoms with Gasteiger partial charge in [-0.3, -0.25) is 9.63 Å². The molecule has 0 unspecified atom stereocenters. The van der Waals surface area contributed by atoms with E-state index in [1.807, 2.05) is 20.1 Å². The molecule has 0 aromatic heterocycles. The Hall–Kier alpha value is -1.24. The van der Waals surface area contributed by atoms with Gasteiger partial charge in [0.2, 0.25) is 0 Å². The first-order chi connectivity index (χ1) is 9.29. The summed E-state index contributed by atoms with van der Waals surface area (Å²) >= 11 is 1.63. The van der Waals surface area contributed by atoms with Crippen LogP contribution in [-0.4, -0.2) is 42.9 Å². The molecule has 0 aliphatic rings. The number of carbonyl (C=O) groups is 2. The van der Waals surface area contributed by atoms with Crippen LogP contribution in [0.1, 0.15) is 40.5 Å². The van der Waals surface area contributed by atoms with Crippen LogP contribution in [0.3, 0.4) is 0 Å². The second-order valence-corrected chi connectivity index (χ2v) is 5.82. The largest absolute Gasteiger partial charge is 0.466 e. The lowest BCUT2D eigenvalue weighted by Crippen LogP contribution is -2.19. The highest BCUT2D eigenvalue weighted by atomic mass is 32.2. The summed E-state index contributed by atoms with van der Waals surface area (Å²) in [6, 6.07) is 0. The number of hydrogen-bond donors (Lipinski definition) is 1. The van der Waals surface area contributed by atoms with Crippen molar-refractivity contribution in [1.82, 2.24) is 5.32 Å². The fourth-order valence-electron chi connectivity index (χ4n) is 0.660. The molecule has 0 radical (unpaired) electrons. The molecule has 20 heavy (non-hydrogen) atoms. The number of ether oxygens (including phenoxy) is 1. The molecule has 1 N–H and O–H groups in total. The predicted molar refractivity (Wildman–Crippen MR) is 83.2 cm³/mol. The first-order valence-corrected chi connectivity index (χ1v) is 7.63. The van der Waals surface area contributed by atoms with E-state index < -0.39 is 6.09 Å². The van der Waals surface area contributed by atoms with E-state index in [-0.39, 0.29) is 10.7 Å². The van der Waals surface area contributed by atoms with Gasteiger partial charge in [-0.2, -0.15) is 11.8 Å². The normalized spacial score (nSPS) is 10.5. The van der Waals surface area contributed by atoms with E-state index in [1.165, 1.54) is 14.0 Å². The lowest BCUT2D eigenvalue weighted by Gasteiger charge is -2.13. The maximum atomic E-state index is 10.5. The summed E-state index contributed by atoms with van der Waals surface area (Å²) in [5, 5.41) is 5.81. The smallest absolute Gasteiger partial charge is 0.433 e. The van der Waals surface area contributed by atoms with E-state index >= 15 is 0 Å². The third-order valence-electron chi connectivity index (χ3n) is 2.03. The van der Waals surface area contributed by atoms with E-state index in [2.05, 4.69) is 27.0 Å². The number of oxime groups is 1. The van der Waals surface area contributed by atoms with Gasteiger partial charge in [0.15, 0.2) is 0 Å². The van der Waals surface area contributed by atoms with Crippen LogP contribution >= 0.6 is 11.8 Å². The Labute approximate surface area is 125 Å². The van der Waals surface area contributed by atoms with Gasteiger partial charge < -0.3 is 10.1 Å². The summed E-state index contributed by atoms with van der Waals surface area (Å²) in [6.45, 7) is 8.02. The van der Waals surface area contributed by atoms with Crippen LogP contribution in [0.15, 0.2) is 5.16 Å². The number of thioether (sulfide) groups is 1. The zero-order valence-corrected chi connectivity index (χ0v) is 14.0. The van der Waals surface area contributed by atoms with Crippen LogP contribution in [0, 0.1) is 0 Å². The van der Waals surface area contributed by atoms with Crippen LogP contribution in [0.2, 0.25) is 0 Å². The molecule has 0 heterocycles. The van der Waals surface area contributed by atoms with E-state index in [0.717, 1.165) is 12.8 Å². The molecule has 0 rings (SSSR count). The number of unbranched alkanes of at least 4 members (excludes halogenated alkanes) is 1. The summed E-state index contributed by atoms with van der Waals surface area (Å²) < 4.78 is 4.54. The minimum atomic E-state index is -0.553. The van der Waals surface area contributed by atoms with Crippen molar-refractivity contribution in [3.63, 3.8) is 0 Å². The predicted octanol–water partition coefficient (Wildman–Crippen LogP) is 2.82. The van der Waals surface area contributed by atoms with Gasteiger partial charge in [0.05, 0.1) is 12.8 Å². The number of nitrogens with one attached hydrogen (secondary N) is 1. The quantitative estimate of drug-likeness (QED) is 0.268. The molecule has 0 aromatic carbocycles. The Morgan fingerprint density at radius 1 is 1.40 bits per heavy atom. The topological polar surface area (TPSA) is 77.0 Å². The van der Waals surface area contributed by atoms with Gasteiger partial charge in [0.25, 0.3) is 0 Å². The molecule has 0 aromatic rings. The van der Waals surface area contributed by atoms with Gasteiger partial charge in [-0.1, -0.05) is 18.5 Å². The molecule has 0 fully saturated rings. The van der Waals surface area contributed by atoms with Gasteiger partial charge in [-0.25, -0.2) is 4.79 Å². The van der Waals surface area contributed by atoms with Gasteiger partial charge in [-0.15, -0.1) is 0 Å². The Bertz CT molecular complexity index is 307. The Morgan fingerprint density at radius 2 is 2.00 bits per heavy atom. The second kappa shape index (κ2) is 12.8. The van der Waals surface area contributed by atoms with Crippen LogP contribution in [0.4, 0.5) is 4.79 Å². The molecule has 0 spiro atoms. The lowest BCUT2D eigenvalue weighted by molar-refractivity contribution is -0.141. The van der Waals surface area contributed by atoms with Gasteiger partial charge >= 0.3 is 12.1 Å². The molecule has 0 saturated carbocycles. The van der Waals surface area contributed by atoms with Crippen molar-refractivity contribution in [1.29, 1.82) is 0 Å². The highest BCUT2D eigenvalue weighted by molar-refractivity contribution is 8.00. The molecule has 0 aliphatic carbocycles. The molecule has 6 nitrogen and oxygen atoms in total. The van der Waals surface area contributed by atoms with E-state index in [4.69, 9.17) is 0 Å². The molecule has 0 aliphatic heterocycles. The van der Waals surface area contributed by atoms with Gasteiger partial charge in [0.1, 0.15) is 0 Å². The molecule has 7 heteroatoms. The van der Waals surface area contributed by atoms with Crippen LogP contribution in [0.5, 0.6) is 0 Å². The van der Waals surface area contributed by atoms with E-state index in [1.54, 1.807) is 18.0 Å². The molecule has 1 amide bonds. The zero-order valence-electron chi connectivity index (χ0n) is 13.2. The first kappa shape index (κ1) is 21.1. The summed E-state index contributed by atoms with van der Waals surface area (Å²) in [6.07, 6.45) is 5.05. The van der Waals surface area contributed by atoms with Crippen LogP contribution < -0.4 is 5.32 Å². The van der Waals surface area contributed by atoms with E-state index in [9.17, 15) is 9.59 Å². The third-order valence-corrected chi connectivity index (χ3v) is 3.19. The fraction of sp³-hybridized carbons (Fsp3) is 0.769. The molecule has 118 valence electrons. The van der Waals surface area contributed by atoms with E-state index in [0.29, 0.717) is 6.61 Å². The van der Waals surface area contributed by atoms with Crippen LogP contribution in [-0.2, 0) is 14.4 Å². The van der Waals surface area contributed by atoms with Crippen molar-refractivity contribution in [2.45, 2.75) is 45.3 Å². The Kier molecular flexibility index (Phi) is 13.5. The average molecular weight is 306 g/mol. The monoisotopic (exact) mass is 306 g/mol. The molecular weight excluding hydrogens is 280 g/mol. The van der Waals surface area contributed by atoms with Crippen molar-refractivity contribution >= 4 is 30.0 Å². The van der Waals surface area contributed by atoms with Crippen molar-refractivity contribution in [3.05, 3.63) is 0 Å². The number of nitrogens with zero attached hydrogens (tertiary/aromatic N) is 1. The van der Waals surface area contributed by atoms with Crippen molar-refractivity contribution < 1.29 is 19.2 Å². The summed E-state index contributed by atoms with van der Waals surface area (Å²) in [5.41, 5.74) is 0. The molecule has 0 bridgehead atoms. The lowest BCUT2D eigenvalue weighted by atomic mass is 10.2. The molecule has 0 atom stereocenters. The Balaban J connectivity index is 0.